The van der Waals surface area contributed by atoms with Crippen LogP contribution in [0.25, 0.3) is 0 Å². The van der Waals surface area contributed by atoms with Gasteiger partial charge < -0.3 is 9.90 Å². The van der Waals surface area contributed by atoms with Gasteiger partial charge in [0.1, 0.15) is 6.09 Å². The number of amides is 3. The molecule has 3 rings (SSSR count). The quantitative estimate of drug-likeness (QED) is 0.783. The molecule has 0 saturated heterocycles. The van der Waals surface area contributed by atoms with Crippen LogP contribution in [0.2, 0.25) is 0 Å². The minimum absolute atomic E-state index is 0.0777. The number of Topliss-reactive ketones (excluding diaryl/α,β-unsaturated/α-hetero) is 1. The van der Waals surface area contributed by atoms with Gasteiger partial charge in [-0.2, -0.15) is 13.2 Å². The van der Waals surface area contributed by atoms with E-state index in [1.165, 1.54) is 6.07 Å². The number of ketones is 1. The number of alkyl halides is 3. The van der Waals surface area contributed by atoms with E-state index in [0.717, 1.165) is 23.1 Å². The lowest BCUT2D eigenvalue weighted by atomic mass is 10.1. The lowest BCUT2D eigenvalue weighted by molar-refractivity contribution is -0.261. The third kappa shape index (κ3) is 2.51. The molecule has 0 fully saturated rings. The fourth-order valence-electron chi connectivity index (χ4n) is 2.81. The maximum atomic E-state index is 12.9. The first-order valence-electron chi connectivity index (χ1n) is 6.95. The standard InChI is InChI=1S/C15H11F3N2O4/c16-15(17,18)8-2-1-3-9(6-8)20-11-4-5-12(21)10(11)7-19(13(20)22)14(23)24/h1-3,6H,4-5,7H2,(H,23,24)/p-1. The summed E-state index contributed by atoms with van der Waals surface area (Å²) >= 11 is 0. The molecule has 0 radical (unpaired) electrons. The van der Waals surface area contributed by atoms with E-state index in [1.807, 2.05) is 0 Å². The molecule has 0 spiro atoms. The van der Waals surface area contributed by atoms with Crippen molar-refractivity contribution in [3.05, 3.63) is 41.1 Å². The largest absolute Gasteiger partial charge is 0.529 e. The predicted molar refractivity (Wildman–Crippen MR) is 72.7 cm³/mol. The van der Waals surface area contributed by atoms with Crippen LogP contribution in [-0.2, 0) is 11.0 Å². The van der Waals surface area contributed by atoms with Crippen molar-refractivity contribution < 1.29 is 32.7 Å². The smallest absolute Gasteiger partial charge is 0.416 e. The Bertz CT molecular complexity index is 785. The minimum atomic E-state index is -4.62. The summed E-state index contributed by atoms with van der Waals surface area (Å²) in [7, 11) is 0. The lowest BCUT2D eigenvalue weighted by Gasteiger charge is -2.36. The van der Waals surface area contributed by atoms with E-state index in [-0.39, 0.29) is 35.6 Å². The van der Waals surface area contributed by atoms with E-state index >= 15 is 0 Å². The third-order valence-corrected chi connectivity index (χ3v) is 3.93. The highest BCUT2D eigenvalue weighted by Crippen LogP contribution is 2.37. The van der Waals surface area contributed by atoms with Crippen LogP contribution in [0.4, 0.5) is 28.4 Å². The van der Waals surface area contributed by atoms with Crippen LogP contribution >= 0.6 is 0 Å². The molecule has 126 valence electrons. The zero-order valence-electron chi connectivity index (χ0n) is 12.1. The number of carbonyl (C=O) groups is 3. The highest BCUT2D eigenvalue weighted by molar-refractivity contribution is 6.10. The predicted octanol–water partition coefficient (Wildman–Crippen LogP) is 1.91. The Balaban J connectivity index is 2.12. The molecular formula is C15H10F3N2O4-. The molecule has 1 aliphatic heterocycles. The van der Waals surface area contributed by atoms with Crippen LogP contribution in [0.3, 0.4) is 0 Å². The van der Waals surface area contributed by atoms with Crippen molar-refractivity contribution in [3.8, 4) is 0 Å². The van der Waals surface area contributed by atoms with Crippen molar-refractivity contribution in [1.29, 1.82) is 0 Å². The molecule has 0 unspecified atom stereocenters. The summed E-state index contributed by atoms with van der Waals surface area (Å²) in [6.07, 6.45) is -6.19. The number of benzene rings is 1. The molecule has 1 aromatic rings. The molecule has 1 heterocycles. The fraction of sp³-hybridized carbons (Fsp3) is 0.267. The highest BCUT2D eigenvalue weighted by Gasteiger charge is 2.40. The average molecular weight is 339 g/mol. The molecule has 6 nitrogen and oxygen atoms in total. The van der Waals surface area contributed by atoms with Crippen molar-refractivity contribution in [1.82, 2.24) is 4.90 Å². The van der Waals surface area contributed by atoms with Crippen molar-refractivity contribution in [2.24, 2.45) is 0 Å². The molecule has 2 aliphatic rings. The molecule has 9 heteroatoms. The van der Waals surface area contributed by atoms with Gasteiger partial charge in [-0.05, 0) is 24.6 Å². The van der Waals surface area contributed by atoms with Gasteiger partial charge in [-0.25, -0.2) is 4.79 Å². The summed E-state index contributed by atoms with van der Waals surface area (Å²) < 4.78 is 38.6. The zero-order valence-corrected chi connectivity index (χ0v) is 12.1. The summed E-state index contributed by atoms with van der Waals surface area (Å²) in [6.45, 7) is -0.440. The van der Waals surface area contributed by atoms with Gasteiger partial charge in [0.05, 0.1) is 17.8 Å². The Kier molecular flexibility index (Phi) is 3.58. The monoisotopic (exact) mass is 339 g/mol. The van der Waals surface area contributed by atoms with E-state index in [4.69, 9.17) is 0 Å². The van der Waals surface area contributed by atoms with Crippen LogP contribution in [-0.4, -0.2) is 29.4 Å². The van der Waals surface area contributed by atoms with Crippen molar-refractivity contribution in [3.63, 3.8) is 0 Å². The summed E-state index contributed by atoms with van der Waals surface area (Å²) in [6, 6.07) is 2.88. The van der Waals surface area contributed by atoms with E-state index in [1.54, 1.807) is 0 Å². The zero-order chi connectivity index (χ0) is 17.6. The number of anilines is 1. The Morgan fingerprint density at radius 1 is 1.17 bits per heavy atom. The number of halogens is 3. The summed E-state index contributed by atoms with van der Waals surface area (Å²) in [5, 5.41) is 11.1. The normalized spacial score (nSPS) is 18.3. The number of rotatable bonds is 1. The molecule has 0 N–H and O–H groups in total. The van der Waals surface area contributed by atoms with E-state index in [0.29, 0.717) is 4.90 Å². The van der Waals surface area contributed by atoms with Gasteiger partial charge in [0.2, 0.25) is 0 Å². The molecule has 3 amide bonds. The molecule has 0 atom stereocenters. The highest BCUT2D eigenvalue weighted by atomic mass is 19.4. The Morgan fingerprint density at radius 2 is 1.88 bits per heavy atom. The Hall–Kier alpha value is -2.84. The minimum Gasteiger partial charge on any atom is -0.529 e. The number of nitrogens with zero attached hydrogens (tertiary/aromatic N) is 2. The van der Waals surface area contributed by atoms with E-state index in [2.05, 4.69) is 0 Å². The molecule has 0 aromatic heterocycles. The Morgan fingerprint density at radius 3 is 2.50 bits per heavy atom. The first-order chi connectivity index (χ1) is 11.2. The fourth-order valence-corrected chi connectivity index (χ4v) is 2.81. The number of carbonyl (C=O) groups excluding carboxylic acids is 3. The topological polar surface area (TPSA) is 80.7 Å². The molecule has 0 bridgehead atoms. The molecule has 0 saturated carbocycles. The number of imide groups is 1. The van der Waals surface area contributed by atoms with Crippen molar-refractivity contribution in [2.45, 2.75) is 19.0 Å². The third-order valence-electron chi connectivity index (χ3n) is 3.93. The molecular weight excluding hydrogens is 329 g/mol. The lowest BCUT2D eigenvalue weighted by Crippen LogP contribution is -2.54. The van der Waals surface area contributed by atoms with Crippen LogP contribution in [0.1, 0.15) is 18.4 Å². The van der Waals surface area contributed by atoms with Crippen LogP contribution in [0, 0.1) is 0 Å². The number of hydrogen-bond acceptors (Lipinski definition) is 4. The number of carboxylic acid groups (broad SMARTS) is 1. The number of urea groups is 1. The van der Waals surface area contributed by atoms with Crippen molar-refractivity contribution in [2.75, 3.05) is 11.4 Å². The van der Waals surface area contributed by atoms with Crippen LogP contribution in [0.15, 0.2) is 35.5 Å². The maximum absolute atomic E-state index is 12.9. The second-order valence-corrected chi connectivity index (χ2v) is 5.37. The first-order valence-corrected chi connectivity index (χ1v) is 6.95. The van der Waals surface area contributed by atoms with Gasteiger partial charge >= 0.3 is 12.2 Å². The van der Waals surface area contributed by atoms with Gasteiger partial charge in [-0.1, -0.05) is 6.07 Å². The van der Waals surface area contributed by atoms with Gasteiger partial charge in [0.25, 0.3) is 0 Å². The van der Waals surface area contributed by atoms with Gasteiger partial charge in [0, 0.05) is 17.7 Å². The number of hydrogen-bond donors (Lipinski definition) is 0. The van der Waals surface area contributed by atoms with E-state index in [9.17, 15) is 32.7 Å². The maximum Gasteiger partial charge on any atom is 0.416 e. The second-order valence-electron chi connectivity index (χ2n) is 5.37. The second kappa shape index (κ2) is 5.36. The Labute approximate surface area is 133 Å². The van der Waals surface area contributed by atoms with Gasteiger partial charge in [0.15, 0.2) is 5.78 Å². The van der Waals surface area contributed by atoms with E-state index < -0.39 is 30.4 Å². The molecule has 24 heavy (non-hydrogen) atoms. The van der Waals surface area contributed by atoms with Gasteiger partial charge in [-0.3, -0.25) is 14.6 Å². The van der Waals surface area contributed by atoms with Crippen molar-refractivity contribution >= 4 is 23.6 Å². The summed E-state index contributed by atoms with van der Waals surface area (Å²) in [4.78, 5) is 36.5. The van der Waals surface area contributed by atoms with Crippen LogP contribution < -0.4 is 10.0 Å². The average Bonchev–Trinajstić information content (AvgIpc) is 2.86. The summed E-state index contributed by atoms with van der Waals surface area (Å²) in [5.41, 5.74) is -0.786. The first kappa shape index (κ1) is 16.0. The number of allylic oxidation sites excluding steroid dienone is 1. The SMILES string of the molecule is O=C1CCC2=C1CN(C(=O)[O-])C(=O)N2c1cccc(C(F)(F)F)c1. The van der Waals surface area contributed by atoms with Gasteiger partial charge in [-0.15, -0.1) is 0 Å². The van der Waals surface area contributed by atoms with Crippen LogP contribution in [0.5, 0.6) is 0 Å². The molecule has 1 aliphatic carbocycles. The molecule has 1 aromatic carbocycles. The summed E-state index contributed by atoms with van der Waals surface area (Å²) in [5.74, 6) is -0.333.